The molecule has 24 heavy (non-hydrogen) atoms. The highest BCUT2D eigenvalue weighted by atomic mass is 35.5. The molecule has 1 N–H and O–H groups in total. The number of nitrogens with one attached hydrogen (secondary N) is 1. The highest BCUT2D eigenvalue weighted by Crippen LogP contribution is 2.21. The summed E-state index contributed by atoms with van der Waals surface area (Å²) in [7, 11) is 0. The van der Waals surface area contributed by atoms with E-state index in [0.29, 0.717) is 21.3 Å². The summed E-state index contributed by atoms with van der Waals surface area (Å²) in [6, 6.07) is 8.46. The van der Waals surface area contributed by atoms with E-state index >= 15 is 0 Å². The predicted molar refractivity (Wildman–Crippen MR) is 95.7 cm³/mol. The first-order valence-electron chi connectivity index (χ1n) is 7.19. The number of carbonyl (C=O) groups excluding carboxylic acids is 2. The fraction of sp³-hybridized carbons (Fsp3) is 0.235. The van der Waals surface area contributed by atoms with Crippen LogP contribution >= 0.6 is 23.4 Å². The van der Waals surface area contributed by atoms with Crippen LogP contribution in [0.4, 0.5) is 5.69 Å². The van der Waals surface area contributed by atoms with E-state index in [1.54, 1.807) is 36.5 Å². The Morgan fingerprint density at radius 2 is 2.08 bits per heavy atom. The molecule has 0 spiro atoms. The lowest BCUT2D eigenvalue weighted by Crippen LogP contribution is -2.30. The molecule has 0 radical (unpaired) electrons. The molecule has 1 atom stereocenters. The summed E-state index contributed by atoms with van der Waals surface area (Å²) in [4.78, 5) is 28.6. The van der Waals surface area contributed by atoms with Crippen molar-refractivity contribution in [1.82, 2.24) is 4.98 Å². The minimum absolute atomic E-state index is 0.337. The minimum Gasteiger partial charge on any atom is -0.449 e. The van der Waals surface area contributed by atoms with Gasteiger partial charge in [0.25, 0.3) is 5.91 Å². The van der Waals surface area contributed by atoms with Gasteiger partial charge in [-0.1, -0.05) is 17.7 Å². The summed E-state index contributed by atoms with van der Waals surface area (Å²) >= 11 is 7.27. The van der Waals surface area contributed by atoms with Crippen molar-refractivity contribution in [3.8, 4) is 0 Å². The Balaban J connectivity index is 2.06. The van der Waals surface area contributed by atoms with E-state index in [1.807, 2.05) is 13.2 Å². The van der Waals surface area contributed by atoms with Crippen LogP contribution in [0.2, 0.25) is 5.02 Å². The average Bonchev–Trinajstić information content (AvgIpc) is 2.57. The number of aromatic nitrogens is 1. The topological polar surface area (TPSA) is 68.3 Å². The van der Waals surface area contributed by atoms with Gasteiger partial charge in [0.15, 0.2) is 6.10 Å². The Morgan fingerprint density at radius 1 is 1.33 bits per heavy atom. The number of anilines is 1. The molecule has 0 fully saturated rings. The van der Waals surface area contributed by atoms with Crippen LogP contribution in [0, 0.1) is 6.92 Å². The Morgan fingerprint density at radius 3 is 2.79 bits per heavy atom. The van der Waals surface area contributed by atoms with Gasteiger partial charge in [-0.15, -0.1) is 11.8 Å². The van der Waals surface area contributed by atoms with E-state index in [2.05, 4.69) is 10.3 Å². The number of hydrogen-bond acceptors (Lipinski definition) is 5. The number of carbonyl (C=O) groups is 2. The number of rotatable bonds is 5. The number of amides is 1. The van der Waals surface area contributed by atoms with Crippen molar-refractivity contribution in [2.24, 2.45) is 0 Å². The molecular weight excluding hydrogens is 348 g/mol. The number of esters is 1. The Bertz CT molecular complexity index is 767. The maximum absolute atomic E-state index is 12.2. The molecule has 1 aromatic carbocycles. The van der Waals surface area contributed by atoms with Crippen LogP contribution in [0.1, 0.15) is 22.8 Å². The molecule has 0 saturated carbocycles. The van der Waals surface area contributed by atoms with E-state index in [1.165, 1.54) is 18.7 Å². The lowest BCUT2D eigenvalue weighted by atomic mass is 10.2. The van der Waals surface area contributed by atoms with Gasteiger partial charge < -0.3 is 10.1 Å². The van der Waals surface area contributed by atoms with E-state index in [0.717, 1.165) is 5.56 Å². The van der Waals surface area contributed by atoms with Crippen LogP contribution in [-0.4, -0.2) is 29.2 Å². The van der Waals surface area contributed by atoms with Crippen molar-refractivity contribution in [2.45, 2.75) is 25.0 Å². The van der Waals surface area contributed by atoms with Crippen molar-refractivity contribution in [3.63, 3.8) is 0 Å². The molecule has 5 nitrogen and oxygen atoms in total. The molecule has 7 heteroatoms. The summed E-state index contributed by atoms with van der Waals surface area (Å²) in [6.07, 6.45) is 2.46. The molecule has 0 aliphatic carbocycles. The largest absolute Gasteiger partial charge is 0.449 e. The first-order valence-corrected chi connectivity index (χ1v) is 8.79. The lowest BCUT2D eigenvalue weighted by Gasteiger charge is -2.15. The van der Waals surface area contributed by atoms with Crippen molar-refractivity contribution in [3.05, 3.63) is 52.7 Å². The quantitative estimate of drug-likeness (QED) is 0.642. The van der Waals surface area contributed by atoms with Gasteiger partial charge in [-0.25, -0.2) is 9.78 Å². The highest BCUT2D eigenvalue weighted by Gasteiger charge is 2.21. The summed E-state index contributed by atoms with van der Waals surface area (Å²) < 4.78 is 5.25. The number of ether oxygens (including phenoxy) is 1. The van der Waals surface area contributed by atoms with Gasteiger partial charge in [-0.05, 0) is 49.9 Å². The number of thioether (sulfide) groups is 1. The average molecular weight is 365 g/mol. The zero-order valence-corrected chi connectivity index (χ0v) is 15.1. The van der Waals surface area contributed by atoms with Gasteiger partial charge in [0.1, 0.15) is 5.03 Å². The smallest absolute Gasteiger partial charge is 0.341 e. The number of nitrogens with zero attached hydrogens (tertiary/aromatic N) is 1. The number of hydrogen-bond donors (Lipinski definition) is 1. The zero-order chi connectivity index (χ0) is 17.7. The van der Waals surface area contributed by atoms with Crippen molar-refractivity contribution >= 4 is 40.9 Å². The van der Waals surface area contributed by atoms with Crippen molar-refractivity contribution in [2.75, 3.05) is 11.6 Å². The van der Waals surface area contributed by atoms with Gasteiger partial charge >= 0.3 is 5.97 Å². The molecule has 1 unspecified atom stereocenters. The van der Waals surface area contributed by atoms with Gasteiger partial charge in [0.2, 0.25) is 0 Å². The zero-order valence-electron chi connectivity index (χ0n) is 13.5. The molecule has 0 aliphatic heterocycles. The number of halogens is 1. The summed E-state index contributed by atoms with van der Waals surface area (Å²) in [6.45, 7) is 3.37. The van der Waals surface area contributed by atoms with E-state index in [4.69, 9.17) is 16.3 Å². The van der Waals surface area contributed by atoms with Crippen LogP contribution < -0.4 is 5.32 Å². The third kappa shape index (κ3) is 4.49. The first kappa shape index (κ1) is 18.3. The molecule has 126 valence electrons. The molecule has 1 amide bonds. The summed E-state index contributed by atoms with van der Waals surface area (Å²) in [5.74, 6) is -1.01. The third-order valence-electron chi connectivity index (χ3n) is 3.29. The standard InChI is InChI=1S/C17H17ClN2O3S/c1-10-6-7-12(18)9-14(10)20-15(21)11(2)23-17(22)13-5-4-8-19-16(13)24-3/h4-9,11H,1-3H3,(H,20,21). The van der Waals surface area contributed by atoms with Gasteiger partial charge in [0.05, 0.1) is 5.56 Å². The molecule has 1 heterocycles. The number of benzene rings is 1. The van der Waals surface area contributed by atoms with Gasteiger partial charge in [-0.2, -0.15) is 0 Å². The second-order valence-electron chi connectivity index (χ2n) is 5.06. The number of aryl methyl sites for hydroxylation is 1. The Hall–Kier alpha value is -2.05. The maximum Gasteiger partial charge on any atom is 0.341 e. The fourth-order valence-electron chi connectivity index (χ4n) is 1.95. The lowest BCUT2D eigenvalue weighted by molar-refractivity contribution is -0.123. The van der Waals surface area contributed by atoms with E-state index in [-0.39, 0.29) is 0 Å². The fourth-order valence-corrected chi connectivity index (χ4v) is 2.66. The molecule has 0 aliphatic rings. The Kier molecular flexibility index (Phi) is 6.23. The second-order valence-corrected chi connectivity index (χ2v) is 6.29. The first-order chi connectivity index (χ1) is 11.4. The summed E-state index contributed by atoms with van der Waals surface area (Å²) in [5, 5.41) is 3.79. The van der Waals surface area contributed by atoms with Crippen LogP contribution in [0.5, 0.6) is 0 Å². The highest BCUT2D eigenvalue weighted by molar-refractivity contribution is 7.98. The maximum atomic E-state index is 12.2. The predicted octanol–water partition coefficient (Wildman–Crippen LogP) is 3.95. The van der Waals surface area contributed by atoms with Crippen LogP contribution in [0.25, 0.3) is 0 Å². The van der Waals surface area contributed by atoms with Gasteiger partial charge in [0, 0.05) is 16.9 Å². The van der Waals surface area contributed by atoms with Crippen LogP contribution in [0.3, 0.4) is 0 Å². The van der Waals surface area contributed by atoms with E-state index < -0.39 is 18.0 Å². The third-order valence-corrected chi connectivity index (χ3v) is 4.24. The minimum atomic E-state index is -0.953. The molecule has 2 rings (SSSR count). The van der Waals surface area contributed by atoms with Crippen LogP contribution in [0.15, 0.2) is 41.6 Å². The van der Waals surface area contributed by atoms with Crippen LogP contribution in [-0.2, 0) is 9.53 Å². The Labute approximate surface area is 149 Å². The second kappa shape index (κ2) is 8.17. The van der Waals surface area contributed by atoms with Crippen molar-refractivity contribution < 1.29 is 14.3 Å². The van der Waals surface area contributed by atoms with Gasteiger partial charge in [-0.3, -0.25) is 4.79 Å². The molecule has 0 bridgehead atoms. The summed E-state index contributed by atoms with van der Waals surface area (Å²) in [5.41, 5.74) is 1.79. The monoisotopic (exact) mass is 364 g/mol. The van der Waals surface area contributed by atoms with Crippen molar-refractivity contribution in [1.29, 1.82) is 0 Å². The molecule has 1 aromatic heterocycles. The normalized spacial score (nSPS) is 11.7. The van der Waals surface area contributed by atoms with E-state index in [9.17, 15) is 9.59 Å². The molecular formula is C17H17ClN2O3S. The SMILES string of the molecule is CSc1ncccc1C(=O)OC(C)C(=O)Nc1cc(Cl)ccc1C. The number of pyridine rings is 1. The molecule has 0 saturated heterocycles. The molecule has 2 aromatic rings.